The molecule has 8 nitrogen and oxygen atoms in total. The number of aryl methyl sites for hydroxylation is 4. The lowest BCUT2D eigenvalue weighted by Gasteiger charge is -2.18. The summed E-state index contributed by atoms with van der Waals surface area (Å²) in [5.74, 6) is 0.368. The molecule has 10 heteroatoms. The van der Waals surface area contributed by atoms with Gasteiger partial charge < -0.3 is 21.1 Å². The number of benzene rings is 2. The molecular formula is C25H35BClN5O3. The molecule has 1 atom stereocenters. The largest absolute Gasteiger partial charge is 0.475 e. The molecule has 3 aromatic rings. The SMILES string of the molecule is Cl.NCCCCC(NC(=O)Cn1nc(CCc2ccccc2)nc1CCc1ccccc1)B(O)O. The van der Waals surface area contributed by atoms with Crippen molar-refractivity contribution < 1.29 is 14.8 Å². The van der Waals surface area contributed by atoms with E-state index in [-0.39, 0.29) is 24.9 Å². The van der Waals surface area contributed by atoms with Crippen molar-refractivity contribution >= 4 is 25.4 Å². The van der Waals surface area contributed by atoms with Crippen LogP contribution in [0.5, 0.6) is 0 Å². The molecule has 1 heterocycles. The summed E-state index contributed by atoms with van der Waals surface area (Å²) in [5.41, 5.74) is 7.91. The van der Waals surface area contributed by atoms with E-state index in [1.54, 1.807) is 4.68 Å². The summed E-state index contributed by atoms with van der Waals surface area (Å²) in [6.07, 6.45) is 4.84. The van der Waals surface area contributed by atoms with E-state index < -0.39 is 13.1 Å². The Morgan fingerprint density at radius 3 is 2.11 bits per heavy atom. The van der Waals surface area contributed by atoms with E-state index in [1.165, 1.54) is 11.1 Å². The van der Waals surface area contributed by atoms with Crippen LogP contribution in [0, 0.1) is 0 Å². The van der Waals surface area contributed by atoms with E-state index in [2.05, 4.69) is 34.7 Å². The maximum absolute atomic E-state index is 12.7. The predicted molar refractivity (Wildman–Crippen MR) is 140 cm³/mol. The van der Waals surface area contributed by atoms with Gasteiger partial charge in [0.25, 0.3) is 0 Å². The van der Waals surface area contributed by atoms with E-state index in [4.69, 9.17) is 10.7 Å². The number of halogens is 1. The van der Waals surface area contributed by atoms with Crippen LogP contribution >= 0.6 is 12.4 Å². The number of aromatic nitrogens is 3. The first-order chi connectivity index (χ1) is 16.5. The van der Waals surface area contributed by atoms with Crippen LogP contribution in [0.3, 0.4) is 0 Å². The predicted octanol–water partition coefficient (Wildman–Crippen LogP) is 1.90. The molecule has 0 radical (unpaired) electrons. The standard InChI is InChI=1S/C25H34BN5O3.ClH/c27-18-8-7-13-22(26(33)34)28-25(32)19-31-24(17-15-21-11-5-2-6-12-21)29-23(30-31)16-14-20-9-3-1-4-10-20;/h1-6,9-12,22,33-34H,7-8,13-19,27H2,(H,28,32);1H. The maximum Gasteiger partial charge on any atom is 0.475 e. The highest BCUT2D eigenvalue weighted by Crippen LogP contribution is 2.10. The number of nitrogens with two attached hydrogens (primary N) is 1. The first kappa shape index (κ1) is 28.5. The number of nitrogens with zero attached hydrogens (tertiary/aromatic N) is 3. The first-order valence-electron chi connectivity index (χ1n) is 11.9. The van der Waals surface area contributed by atoms with Gasteiger partial charge in [0.1, 0.15) is 12.4 Å². The van der Waals surface area contributed by atoms with Crippen LogP contribution in [0.15, 0.2) is 60.7 Å². The van der Waals surface area contributed by atoms with Gasteiger partial charge in [-0.1, -0.05) is 67.1 Å². The molecule has 0 fully saturated rings. The van der Waals surface area contributed by atoms with E-state index >= 15 is 0 Å². The number of rotatable bonds is 14. The Labute approximate surface area is 213 Å². The zero-order chi connectivity index (χ0) is 24.2. The lowest BCUT2D eigenvalue weighted by atomic mass is 9.76. The Kier molecular flexibility index (Phi) is 12.5. The second kappa shape index (κ2) is 15.3. The summed E-state index contributed by atoms with van der Waals surface area (Å²) in [6, 6.07) is 20.3. The van der Waals surface area contributed by atoms with Gasteiger partial charge in [0.15, 0.2) is 5.82 Å². The molecular weight excluding hydrogens is 465 g/mol. The minimum absolute atomic E-state index is 0. The molecule has 188 valence electrons. The Balaban J connectivity index is 0.00000432. The Bertz CT molecular complexity index is 1000. The third-order valence-corrected chi connectivity index (χ3v) is 5.72. The van der Waals surface area contributed by atoms with Crippen LogP contribution in [-0.2, 0) is 37.0 Å². The highest BCUT2D eigenvalue weighted by Gasteiger charge is 2.25. The van der Waals surface area contributed by atoms with Crippen LogP contribution in [0.25, 0.3) is 0 Å². The number of hydrogen-bond donors (Lipinski definition) is 4. The van der Waals surface area contributed by atoms with Crippen molar-refractivity contribution in [2.75, 3.05) is 6.54 Å². The number of amides is 1. The number of unbranched alkanes of at least 4 members (excludes halogenated alkanes) is 1. The molecule has 1 aromatic heterocycles. The van der Waals surface area contributed by atoms with Crippen molar-refractivity contribution in [1.82, 2.24) is 20.1 Å². The quantitative estimate of drug-likeness (QED) is 0.198. The van der Waals surface area contributed by atoms with E-state index in [0.29, 0.717) is 38.1 Å². The smallest absolute Gasteiger partial charge is 0.426 e. The van der Waals surface area contributed by atoms with Crippen molar-refractivity contribution in [3.63, 3.8) is 0 Å². The molecule has 0 aliphatic rings. The lowest BCUT2D eigenvalue weighted by Crippen LogP contribution is -2.47. The molecule has 1 unspecified atom stereocenters. The molecule has 0 aliphatic carbocycles. The molecule has 2 aromatic carbocycles. The van der Waals surface area contributed by atoms with Gasteiger partial charge in [-0.2, -0.15) is 5.10 Å². The van der Waals surface area contributed by atoms with Crippen molar-refractivity contribution in [3.05, 3.63) is 83.4 Å². The van der Waals surface area contributed by atoms with Gasteiger partial charge in [-0.05, 0) is 43.4 Å². The molecule has 0 aliphatic heterocycles. The zero-order valence-electron chi connectivity index (χ0n) is 19.9. The van der Waals surface area contributed by atoms with Gasteiger partial charge in [0.2, 0.25) is 5.91 Å². The van der Waals surface area contributed by atoms with Gasteiger partial charge in [0, 0.05) is 12.8 Å². The second-order valence-corrected chi connectivity index (χ2v) is 8.45. The number of carbonyl (C=O) groups is 1. The summed E-state index contributed by atoms with van der Waals surface area (Å²) in [7, 11) is -1.63. The van der Waals surface area contributed by atoms with Crippen molar-refractivity contribution in [2.45, 2.75) is 57.4 Å². The van der Waals surface area contributed by atoms with Gasteiger partial charge in [-0.3, -0.25) is 4.79 Å². The first-order valence-corrected chi connectivity index (χ1v) is 11.9. The van der Waals surface area contributed by atoms with Gasteiger partial charge in [-0.15, -0.1) is 12.4 Å². The third kappa shape index (κ3) is 9.81. The molecule has 1 amide bonds. The monoisotopic (exact) mass is 499 g/mol. The average Bonchev–Trinajstić information content (AvgIpc) is 3.23. The van der Waals surface area contributed by atoms with Crippen molar-refractivity contribution in [1.29, 1.82) is 0 Å². The molecule has 0 bridgehead atoms. The molecule has 35 heavy (non-hydrogen) atoms. The van der Waals surface area contributed by atoms with Crippen LogP contribution in [0.1, 0.15) is 42.0 Å². The summed E-state index contributed by atoms with van der Waals surface area (Å²) in [6.45, 7) is 0.500. The molecule has 0 saturated heterocycles. The summed E-state index contributed by atoms with van der Waals surface area (Å²) < 4.78 is 1.64. The molecule has 3 rings (SSSR count). The molecule has 0 saturated carbocycles. The summed E-state index contributed by atoms with van der Waals surface area (Å²) in [5, 5.41) is 26.6. The fourth-order valence-corrected chi connectivity index (χ4v) is 3.84. The van der Waals surface area contributed by atoms with Crippen LogP contribution in [0.2, 0.25) is 0 Å². The van der Waals surface area contributed by atoms with Crippen LogP contribution in [0.4, 0.5) is 0 Å². The third-order valence-electron chi connectivity index (χ3n) is 5.72. The Morgan fingerprint density at radius 2 is 1.54 bits per heavy atom. The van der Waals surface area contributed by atoms with E-state index in [0.717, 1.165) is 25.1 Å². The highest BCUT2D eigenvalue weighted by molar-refractivity contribution is 6.43. The Morgan fingerprint density at radius 1 is 0.943 bits per heavy atom. The molecule has 5 N–H and O–H groups in total. The van der Waals surface area contributed by atoms with Gasteiger partial charge in [0.05, 0.1) is 5.94 Å². The van der Waals surface area contributed by atoms with Gasteiger partial charge >= 0.3 is 7.12 Å². The minimum atomic E-state index is -1.63. The topological polar surface area (TPSA) is 126 Å². The maximum atomic E-state index is 12.7. The average molecular weight is 500 g/mol. The number of nitrogens with one attached hydrogen (secondary N) is 1. The minimum Gasteiger partial charge on any atom is -0.426 e. The molecule has 0 spiro atoms. The van der Waals surface area contributed by atoms with Crippen molar-refractivity contribution in [2.24, 2.45) is 5.73 Å². The highest BCUT2D eigenvalue weighted by atomic mass is 35.5. The van der Waals surface area contributed by atoms with E-state index in [1.807, 2.05) is 36.4 Å². The van der Waals surface area contributed by atoms with Crippen molar-refractivity contribution in [3.8, 4) is 0 Å². The fraction of sp³-hybridized carbons (Fsp3) is 0.400. The second-order valence-electron chi connectivity index (χ2n) is 8.45. The van der Waals surface area contributed by atoms with Crippen LogP contribution in [-0.4, -0.2) is 50.3 Å². The fourth-order valence-electron chi connectivity index (χ4n) is 3.84. The lowest BCUT2D eigenvalue weighted by molar-refractivity contribution is -0.122. The number of hydrogen-bond acceptors (Lipinski definition) is 6. The van der Waals surface area contributed by atoms with Crippen LogP contribution < -0.4 is 11.1 Å². The zero-order valence-corrected chi connectivity index (χ0v) is 20.7. The Hall–Kier alpha value is -2.72. The normalized spacial score (nSPS) is 11.5. The van der Waals surface area contributed by atoms with E-state index in [9.17, 15) is 14.8 Å². The van der Waals surface area contributed by atoms with Gasteiger partial charge in [-0.25, -0.2) is 9.67 Å². The summed E-state index contributed by atoms with van der Waals surface area (Å²) in [4.78, 5) is 17.5. The summed E-state index contributed by atoms with van der Waals surface area (Å²) >= 11 is 0. The number of carbonyl (C=O) groups excluding carboxylic acids is 1.